The van der Waals surface area contributed by atoms with Crippen molar-refractivity contribution in [2.75, 3.05) is 13.2 Å². The van der Waals surface area contributed by atoms with Crippen LogP contribution < -0.4 is 0 Å². The van der Waals surface area contributed by atoms with Crippen LogP contribution in [0.25, 0.3) is 0 Å². The Hall–Kier alpha value is -1.11. The number of aliphatic hydroxyl groups excluding tert-OH is 5. The second-order valence-corrected chi connectivity index (χ2v) is 13.5. The Morgan fingerprint density at radius 1 is 1.05 bits per heavy atom. The van der Waals surface area contributed by atoms with Crippen LogP contribution in [0.1, 0.15) is 65.2 Å². The highest BCUT2D eigenvalue weighted by atomic mass is 16.7. The van der Waals surface area contributed by atoms with Crippen LogP contribution in [0.3, 0.4) is 0 Å². The molecule has 10 heteroatoms. The molecule has 0 aromatic carbocycles. The minimum Gasteiger partial charge on any atom is -0.458 e. The van der Waals surface area contributed by atoms with Crippen molar-refractivity contribution in [1.82, 2.24) is 0 Å². The highest BCUT2D eigenvalue weighted by Crippen LogP contribution is 2.70. The van der Waals surface area contributed by atoms with Gasteiger partial charge in [0.05, 0.1) is 23.9 Å². The second kappa shape index (κ2) is 9.73. The Morgan fingerprint density at radius 3 is 2.51 bits per heavy atom. The van der Waals surface area contributed by atoms with E-state index in [1.54, 1.807) is 13.0 Å². The van der Waals surface area contributed by atoms with E-state index in [4.69, 9.17) is 14.2 Å². The molecule has 14 atom stereocenters. The Balaban J connectivity index is 1.22. The first-order valence-corrected chi connectivity index (χ1v) is 14.7. The SMILES string of the molecule is C[C@@H]1O[C@@H](O[C@H]2CC[C@@]3(CO)[C@@H](CC[C@@H]4[C@@H]3[C@H](O)C[C@]3(C)[C@@H](C5=CC(=O)OC5)CC[C@]43O)C2)[C@H](O)[C@H](O)[C@H]1O. The van der Waals surface area contributed by atoms with Gasteiger partial charge in [-0.2, -0.15) is 0 Å². The van der Waals surface area contributed by atoms with Crippen molar-refractivity contribution in [2.24, 2.45) is 34.5 Å². The molecule has 220 valence electrons. The molecule has 1 saturated heterocycles. The van der Waals surface area contributed by atoms with E-state index < -0.39 is 53.2 Å². The van der Waals surface area contributed by atoms with Crippen LogP contribution >= 0.6 is 0 Å². The molecule has 2 heterocycles. The molecular formula is C29H44O10. The summed E-state index contributed by atoms with van der Waals surface area (Å²) in [6.07, 6.45) is -0.0583. The zero-order chi connectivity index (χ0) is 27.9. The zero-order valence-electron chi connectivity index (χ0n) is 22.8. The van der Waals surface area contributed by atoms with E-state index in [1.807, 2.05) is 0 Å². The maximum absolute atomic E-state index is 12.4. The number of ether oxygens (including phenoxy) is 3. The van der Waals surface area contributed by atoms with Crippen LogP contribution in [-0.4, -0.2) is 98.3 Å². The van der Waals surface area contributed by atoms with Crippen LogP contribution in [0.15, 0.2) is 11.6 Å². The summed E-state index contributed by atoms with van der Waals surface area (Å²) in [6, 6.07) is 0. The van der Waals surface area contributed by atoms with Crippen molar-refractivity contribution in [1.29, 1.82) is 0 Å². The van der Waals surface area contributed by atoms with Crippen molar-refractivity contribution in [3.63, 3.8) is 0 Å². The maximum Gasteiger partial charge on any atom is 0.331 e. The number of cyclic esters (lactones) is 1. The molecule has 0 aromatic rings. The van der Waals surface area contributed by atoms with Gasteiger partial charge in [-0.15, -0.1) is 0 Å². The van der Waals surface area contributed by atoms with E-state index >= 15 is 0 Å². The Bertz CT molecular complexity index is 1000. The monoisotopic (exact) mass is 552 g/mol. The first-order chi connectivity index (χ1) is 18.4. The fraction of sp³-hybridized carbons (Fsp3) is 0.897. The molecule has 0 bridgehead atoms. The smallest absolute Gasteiger partial charge is 0.331 e. The molecule has 5 fully saturated rings. The average Bonchev–Trinajstić information content (AvgIpc) is 3.45. The van der Waals surface area contributed by atoms with Crippen molar-refractivity contribution < 1.29 is 49.6 Å². The van der Waals surface area contributed by atoms with Crippen molar-refractivity contribution in [2.45, 2.75) is 114 Å². The number of hydrogen-bond acceptors (Lipinski definition) is 10. The molecule has 2 aliphatic heterocycles. The number of aliphatic hydroxyl groups is 6. The molecule has 0 radical (unpaired) electrons. The largest absolute Gasteiger partial charge is 0.458 e. The highest BCUT2D eigenvalue weighted by Gasteiger charge is 2.70. The molecule has 0 unspecified atom stereocenters. The highest BCUT2D eigenvalue weighted by molar-refractivity contribution is 5.85. The number of fused-ring (bicyclic) bond motifs is 5. The van der Waals surface area contributed by atoms with Gasteiger partial charge in [0.1, 0.15) is 24.9 Å². The van der Waals surface area contributed by atoms with Gasteiger partial charge >= 0.3 is 5.97 Å². The lowest BCUT2D eigenvalue weighted by Crippen LogP contribution is -2.68. The Kier molecular flexibility index (Phi) is 6.99. The quantitative estimate of drug-likeness (QED) is 0.212. The molecule has 6 N–H and O–H groups in total. The summed E-state index contributed by atoms with van der Waals surface area (Å²) >= 11 is 0. The first-order valence-electron chi connectivity index (χ1n) is 14.7. The summed E-state index contributed by atoms with van der Waals surface area (Å²) in [4.78, 5) is 11.8. The molecule has 6 rings (SSSR count). The van der Waals surface area contributed by atoms with Crippen LogP contribution in [0, 0.1) is 34.5 Å². The number of carbonyl (C=O) groups excluding carboxylic acids is 1. The van der Waals surface area contributed by atoms with Crippen LogP contribution in [0.2, 0.25) is 0 Å². The predicted octanol–water partition coefficient (Wildman–Crippen LogP) is 0.399. The summed E-state index contributed by atoms with van der Waals surface area (Å²) in [5.74, 6) is -0.753. The summed E-state index contributed by atoms with van der Waals surface area (Å²) < 4.78 is 17.0. The summed E-state index contributed by atoms with van der Waals surface area (Å²) in [7, 11) is 0. The van der Waals surface area contributed by atoms with Gasteiger partial charge in [0, 0.05) is 23.5 Å². The van der Waals surface area contributed by atoms with Crippen molar-refractivity contribution >= 4 is 5.97 Å². The minimum atomic E-state index is -1.37. The van der Waals surface area contributed by atoms with E-state index in [1.165, 1.54) is 0 Å². The fourth-order valence-electron chi connectivity index (χ4n) is 9.99. The molecule has 10 nitrogen and oxygen atoms in total. The van der Waals surface area contributed by atoms with Gasteiger partial charge in [0.25, 0.3) is 0 Å². The fourth-order valence-corrected chi connectivity index (χ4v) is 9.99. The average molecular weight is 553 g/mol. The van der Waals surface area contributed by atoms with Gasteiger partial charge in [0.2, 0.25) is 0 Å². The van der Waals surface area contributed by atoms with Crippen LogP contribution in [0.4, 0.5) is 0 Å². The van der Waals surface area contributed by atoms with E-state index in [-0.39, 0.29) is 49.0 Å². The molecule has 4 saturated carbocycles. The molecule has 4 aliphatic carbocycles. The lowest BCUT2D eigenvalue weighted by Gasteiger charge is -2.65. The molecule has 39 heavy (non-hydrogen) atoms. The van der Waals surface area contributed by atoms with E-state index in [9.17, 15) is 35.4 Å². The summed E-state index contributed by atoms with van der Waals surface area (Å²) in [5, 5.41) is 65.7. The van der Waals surface area contributed by atoms with Gasteiger partial charge in [-0.1, -0.05) is 6.92 Å². The third-order valence-electron chi connectivity index (χ3n) is 12.0. The Labute approximate surface area is 229 Å². The minimum absolute atomic E-state index is 0.0327. The normalized spacial score (nSPS) is 55.3. The number of esters is 1. The first kappa shape index (κ1) is 28.0. The van der Waals surface area contributed by atoms with E-state index in [0.717, 1.165) is 24.8 Å². The standard InChI is InChI=1S/C29H44O10/c1-14-23(33)24(34)25(35)26(38-14)39-17-5-7-28(13-30)16(10-17)3-4-19-22(28)20(31)11-27(2)18(6-8-29(19,27)36)15-9-21(32)37-12-15/h9,14,16-20,22-26,30-31,33-36H,3-8,10-13H2,1-2H3/t14-,16-,17-,18+,19+,20+,22+,23-,24+,25+,26-,27+,28+,29-/m0/s1. The summed E-state index contributed by atoms with van der Waals surface area (Å²) in [5.41, 5.74) is -1.25. The van der Waals surface area contributed by atoms with Crippen LogP contribution in [-0.2, 0) is 19.0 Å². The lowest BCUT2D eigenvalue weighted by molar-refractivity contribution is -0.313. The van der Waals surface area contributed by atoms with E-state index in [2.05, 4.69) is 6.92 Å². The van der Waals surface area contributed by atoms with Crippen molar-refractivity contribution in [3.8, 4) is 0 Å². The van der Waals surface area contributed by atoms with E-state index in [0.29, 0.717) is 32.1 Å². The zero-order valence-corrected chi connectivity index (χ0v) is 22.8. The van der Waals surface area contributed by atoms with Gasteiger partial charge in [-0.3, -0.25) is 0 Å². The molecule has 0 aromatic heterocycles. The lowest BCUT2D eigenvalue weighted by atomic mass is 9.42. The maximum atomic E-state index is 12.4. The second-order valence-electron chi connectivity index (χ2n) is 13.5. The summed E-state index contributed by atoms with van der Waals surface area (Å²) in [6.45, 7) is 3.84. The van der Waals surface area contributed by atoms with Gasteiger partial charge in [-0.05, 0) is 87.5 Å². The number of rotatable bonds is 4. The van der Waals surface area contributed by atoms with Gasteiger partial charge < -0.3 is 44.8 Å². The Morgan fingerprint density at radius 2 is 1.82 bits per heavy atom. The number of hydrogen-bond donors (Lipinski definition) is 6. The molecule has 0 amide bonds. The number of carbonyl (C=O) groups is 1. The molecule has 6 aliphatic rings. The van der Waals surface area contributed by atoms with Crippen LogP contribution in [0.5, 0.6) is 0 Å². The molecule has 0 spiro atoms. The molecular weight excluding hydrogens is 508 g/mol. The predicted molar refractivity (Wildman–Crippen MR) is 136 cm³/mol. The van der Waals surface area contributed by atoms with Gasteiger partial charge in [0.15, 0.2) is 6.29 Å². The topological polar surface area (TPSA) is 166 Å². The van der Waals surface area contributed by atoms with Gasteiger partial charge in [-0.25, -0.2) is 4.79 Å². The third-order valence-corrected chi connectivity index (χ3v) is 12.0. The van der Waals surface area contributed by atoms with Crippen molar-refractivity contribution in [3.05, 3.63) is 11.6 Å². The third kappa shape index (κ3) is 4.00.